The van der Waals surface area contributed by atoms with Gasteiger partial charge in [-0.25, -0.2) is 4.67 Å². The molecule has 2 aliphatic carbocycles. The molecule has 2 aromatic rings. The van der Waals surface area contributed by atoms with Gasteiger partial charge in [-0.3, -0.25) is 0 Å². The van der Waals surface area contributed by atoms with Gasteiger partial charge in [0.2, 0.25) is 0 Å². The first-order valence-electron chi connectivity index (χ1n) is 12.6. The number of hydrogen-bond acceptors (Lipinski definition) is 3. The quantitative estimate of drug-likeness (QED) is 0.448. The largest absolute Gasteiger partial charge is 0.507 e. The van der Waals surface area contributed by atoms with Crippen molar-refractivity contribution in [2.24, 2.45) is 0 Å². The molecule has 1 unspecified atom stereocenters. The van der Waals surface area contributed by atoms with E-state index < -0.39 is 0 Å². The molecule has 4 rings (SSSR count). The van der Waals surface area contributed by atoms with Crippen molar-refractivity contribution in [1.82, 2.24) is 4.67 Å². The number of phenolic OH excluding ortho intramolecular Hbond substituents is 1. The first-order valence-corrected chi connectivity index (χ1v) is 13.4. The van der Waals surface area contributed by atoms with E-state index in [2.05, 4.69) is 44.5 Å². The van der Waals surface area contributed by atoms with Crippen LogP contribution in [0.2, 0.25) is 0 Å². The maximum absolute atomic E-state index is 10.8. The van der Waals surface area contributed by atoms with Crippen LogP contribution in [0.25, 0.3) is 11.1 Å². The summed E-state index contributed by atoms with van der Waals surface area (Å²) in [5.41, 5.74) is 6.73. The Balaban J connectivity index is 1.66. The molecule has 2 aliphatic rings. The zero-order valence-corrected chi connectivity index (χ0v) is 21.3. The second kappa shape index (κ2) is 10.6. The molecular formula is C28H40NO2P. The average molecular weight is 454 g/mol. The van der Waals surface area contributed by atoms with Crippen LogP contribution >= 0.6 is 8.96 Å². The molecule has 0 heterocycles. The summed E-state index contributed by atoms with van der Waals surface area (Å²) in [6.45, 7) is 8.51. The Hall–Kier alpha value is -1.57. The summed E-state index contributed by atoms with van der Waals surface area (Å²) in [5, 5.41) is 10.8. The molecule has 4 heteroatoms. The zero-order valence-electron chi connectivity index (χ0n) is 20.3. The highest BCUT2D eigenvalue weighted by Gasteiger charge is 2.30. The molecule has 0 saturated heterocycles. The molecule has 0 spiro atoms. The fraction of sp³-hybridized carbons (Fsp3) is 0.571. The normalized spacial score (nSPS) is 18.7. The second-order valence-corrected chi connectivity index (χ2v) is 10.9. The van der Waals surface area contributed by atoms with Crippen LogP contribution in [0.3, 0.4) is 0 Å². The van der Waals surface area contributed by atoms with E-state index in [-0.39, 0.29) is 0 Å². The third kappa shape index (κ3) is 5.00. The number of aromatic hydroxyl groups is 1. The first kappa shape index (κ1) is 23.6. The Labute approximate surface area is 196 Å². The lowest BCUT2D eigenvalue weighted by Crippen LogP contribution is -2.40. The summed E-state index contributed by atoms with van der Waals surface area (Å²) in [5.74, 6) is 1.25. The van der Waals surface area contributed by atoms with Crippen LogP contribution in [-0.4, -0.2) is 21.9 Å². The van der Waals surface area contributed by atoms with Gasteiger partial charge in [0.25, 0.3) is 0 Å². The minimum absolute atomic E-state index is 0.339. The smallest absolute Gasteiger partial charge is 0.150 e. The fourth-order valence-electron chi connectivity index (χ4n) is 5.57. The monoisotopic (exact) mass is 453 g/mol. The molecule has 0 amide bonds. The summed E-state index contributed by atoms with van der Waals surface area (Å²) in [6.07, 6.45) is 13.4. The molecule has 0 radical (unpaired) electrons. The SMILES string of the molecule is Cc1ccc(O)c(-c2c(OPN(C3CCCCC3)C3CCCCC3)ccc(C)c2C)c1C. The molecule has 32 heavy (non-hydrogen) atoms. The van der Waals surface area contributed by atoms with Crippen molar-refractivity contribution in [3.63, 3.8) is 0 Å². The second-order valence-electron chi connectivity index (χ2n) is 9.97. The van der Waals surface area contributed by atoms with Crippen LogP contribution in [0.1, 0.15) is 86.5 Å². The molecule has 2 aromatic carbocycles. The van der Waals surface area contributed by atoms with Gasteiger partial charge in [0.15, 0.2) is 0 Å². The van der Waals surface area contributed by atoms with Gasteiger partial charge in [0.05, 0.1) is 0 Å². The summed E-state index contributed by atoms with van der Waals surface area (Å²) in [7, 11) is 0.339. The van der Waals surface area contributed by atoms with E-state index in [4.69, 9.17) is 4.52 Å². The third-order valence-corrected chi connectivity index (χ3v) is 9.11. The van der Waals surface area contributed by atoms with E-state index in [1.807, 2.05) is 12.1 Å². The van der Waals surface area contributed by atoms with Crippen LogP contribution in [0, 0.1) is 27.7 Å². The van der Waals surface area contributed by atoms with Crippen molar-refractivity contribution >= 4 is 8.96 Å². The summed E-state index contributed by atoms with van der Waals surface area (Å²) >= 11 is 0. The van der Waals surface area contributed by atoms with E-state index in [0.717, 1.165) is 22.4 Å². The predicted molar refractivity (Wildman–Crippen MR) is 137 cm³/mol. The van der Waals surface area contributed by atoms with E-state index in [1.165, 1.54) is 80.9 Å². The summed E-state index contributed by atoms with van der Waals surface area (Å²) in [4.78, 5) is 0. The van der Waals surface area contributed by atoms with Crippen LogP contribution in [0.5, 0.6) is 11.5 Å². The number of aryl methyl sites for hydroxylation is 2. The van der Waals surface area contributed by atoms with Gasteiger partial charge in [-0.05, 0) is 87.8 Å². The highest BCUT2D eigenvalue weighted by Crippen LogP contribution is 2.46. The van der Waals surface area contributed by atoms with Crippen molar-refractivity contribution < 1.29 is 9.63 Å². The van der Waals surface area contributed by atoms with Gasteiger partial charge in [0.1, 0.15) is 20.5 Å². The molecule has 174 valence electrons. The number of benzene rings is 2. The molecule has 3 nitrogen and oxygen atoms in total. The average Bonchev–Trinajstić information content (AvgIpc) is 2.82. The lowest BCUT2D eigenvalue weighted by molar-refractivity contribution is 0.172. The Morgan fingerprint density at radius 3 is 1.78 bits per heavy atom. The van der Waals surface area contributed by atoms with Crippen molar-refractivity contribution in [3.8, 4) is 22.6 Å². The van der Waals surface area contributed by atoms with Crippen molar-refractivity contribution in [2.45, 2.75) is 104 Å². The van der Waals surface area contributed by atoms with E-state index >= 15 is 0 Å². The highest BCUT2D eigenvalue weighted by molar-refractivity contribution is 7.29. The number of nitrogens with zero attached hydrogens (tertiary/aromatic N) is 1. The van der Waals surface area contributed by atoms with Crippen LogP contribution in [-0.2, 0) is 0 Å². The Bertz CT molecular complexity index is 912. The maximum atomic E-state index is 10.8. The Morgan fingerprint density at radius 2 is 1.22 bits per heavy atom. The van der Waals surface area contributed by atoms with Crippen molar-refractivity contribution in [1.29, 1.82) is 0 Å². The topological polar surface area (TPSA) is 32.7 Å². The number of phenols is 1. The minimum atomic E-state index is 0.339. The predicted octanol–water partition coefficient (Wildman–Crippen LogP) is 8.15. The van der Waals surface area contributed by atoms with Gasteiger partial charge in [-0.2, -0.15) is 0 Å². The molecule has 0 aliphatic heterocycles. The standard InChI is InChI=1S/C28H40NO2P/c1-19-15-17-25(30)27(21(19)3)28-22(4)20(2)16-18-26(28)31-32-29(23-11-7-5-8-12-23)24-13-9-6-10-14-24/h15-18,23-24,30,32H,5-14H2,1-4H3. The fourth-order valence-corrected chi connectivity index (χ4v) is 6.76. The van der Waals surface area contributed by atoms with Crippen LogP contribution < -0.4 is 4.52 Å². The molecule has 1 atom stereocenters. The summed E-state index contributed by atoms with van der Waals surface area (Å²) < 4.78 is 9.41. The van der Waals surface area contributed by atoms with E-state index in [9.17, 15) is 5.11 Å². The molecule has 0 aromatic heterocycles. The van der Waals surface area contributed by atoms with Crippen molar-refractivity contribution in [3.05, 3.63) is 46.5 Å². The van der Waals surface area contributed by atoms with E-state index in [1.54, 1.807) is 0 Å². The van der Waals surface area contributed by atoms with Crippen LogP contribution in [0.15, 0.2) is 24.3 Å². The highest BCUT2D eigenvalue weighted by atomic mass is 31.1. The molecular weight excluding hydrogens is 413 g/mol. The molecule has 0 bridgehead atoms. The van der Waals surface area contributed by atoms with Crippen LogP contribution in [0.4, 0.5) is 0 Å². The minimum Gasteiger partial charge on any atom is -0.507 e. The van der Waals surface area contributed by atoms with E-state index in [0.29, 0.717) is 26.8 Å². The molecule has 1 N–H and O–H groups in total. The number of rotatable bonds is 6. The third-order valence-electron chi connectivity index (χ3n) is 7.86. The van der Waals surface area contributed by atoms with Crippen molar-refractivity contribution in [2.75, 3.05) is 0 Å². The maximum Gasteiger partial charge on any atom is 0.150 e. The molecule has 2 saturated carbocycles. The summed E-state index contributed by atoms with van der Waals surface area (Å²) in [6, 6.07) is 9.42. The lowest BCUT2D eigenvalue weighted by Gasteiger charge is -2.40. The van der Waals surface area contributed by atoms with Gasteiger partial charge >= 0.3 is 0 Å². The Kier molecular flexibility index (Phi) is 7.79. The van der Waals surface area contributed by atoms with Gasteiger partial charge in [-0.15, -0.1) is 0 Å². The molecule has 2 fully saturated rings. The van der Waals surface area contributed by atoms with Gasteiger partial charge < -0.3 is 9.63 Å². The lowest BCUT2D eigenvalue weighted by atomic mass is 9.90. The number of hydrogen-bond donors (Lipinski definition) is 1. The van der Waals surface area contributed by atoms with Gasteiger partial charge in [-0.1, -0.05) is 50.7 Å². The zero-order chi connectivity index (χ0) is 22.7. The first-order chi connectivity index (χ1) is 15.5. The van der Waals surface area contributed by atoms with Gasteiger partial charge in [0, 0.05) is 23.2 Å². The Morgan fingerprint density at radius 1 is 0.719 bits per heavy atom.